The average Bonchev–Trinajstić information content (AvgIpc) is 3.22. The van der Waals surface area contributed by atoms with E-state index in [-0.39, 0.29) is 31.1 Å². The molecule has 0 rings (SSSR count). The summed E-state index contributed by atoms with van der Waals surface area (Å²) in [6, 6.07) is 0. The van der Waals surface area contributed by atoms with Crippen LogP contribution in [-0.4, -0.2) is 37.2 Å². The summed E-state index contributed by atoms with van der Waals surface area (Å²) in [5.74, 6) is 1.59. The smallest absolute Gasteiger partial charge is 0.306 e. The summed E-state index contributed by atoms with van der Waals surface area (Å²) in [4.78, 5) is 37.9. The van der Waals surface area contributed by atoms with E-state index in [4.69, 9.17) is 14.2 Å². The zero-order valence-electron chi connectivity index (χ0n) is 42.0. The maximum Gasteiger partial charge on any atom is 0.306 e. The molecule has 0 saturated carbocycles. The lowest BCUT2D eigenvalue weighted by molar-refractivity contribution is -0.167. The predicted octanol–water partition coefficient (Wildman–Crippen LogP) is 17.6. The maximum absolute atomic E-state index is 12.7. The Morgan fingerprint density at radius 1 is 0.279 bits per heavy atom. The van der Waals surface area contributed by atoms with Crippen LogP contribution in [0.3, 0.4) is 0 Å². The molecule has 6 nitrogen and oxygen atoms in total. The van der Waals surface area contributed by atoms with Gasteiger partial charge in [-0.25, -0.2) is 0 Å². The molecule has 0 heterocycles. The Hall–Kier alpha value is -1.59. The second-order valence-electron chi connectivity index (χ2n) is 20.3. The van der Waals surface area contributed by atoms with Crippen LogP contribution < -0.4 is 0 Å². The number of unbranched alkanes of at least 4 members (excludes halogenated alkanes) is 31. The van der Waals surface area contributed by atoms with Gasteiger partial charge in [-0.15, -0.1) is 0 Å². The van der Waals surface area contributed by atoms with Crippen LogP contribution in [0.1, 0.15) is 298 Å². The van der Waals surface area contributed by atoms with Gasteiger partial charge in [-0.2, -0.15) is 0 Å². The quantitative estimate of drug-likeness (QED) is 0.0344. The van der Waals surface area contributed by atoms with Gasteiger partial charge < -0.3 is 14.2 Å². The highest BCUT2D eigenvalue weighted by Gasteiger charge is 2.19. The lowest BCUT2D eigenvalue weighted by Crippen LogP contribution is -2.30. The average molecular weight is 863 g/mol. The van der Waals surface area contributed by atoms with Crippen LogP contribution in [0.4, 0.5) is 0 Å². The molecular formula is C55H106O6. The first-order chi connectivity index (χ1) is 29.6. The largest absolute Gasteiger partial charge is 0.462 e. The summed E-state index contributed by atoms with van der Waals surface area (Å²) >= 11 is 0. The van der Waals surface area contributed by atoms with Crippen LogP contribution in [0.5, 0.6) is 0 Å². The van der Waals surface area contributed by atoms with Crippen LogP contribution in [0, 0.1) is 17.8 Å². The van der Waals surface area contributed by atoms with E-state index in [1.54, 1.807) is 0 Å². The molecule has 0 amide bonds. The summed E-state index contributed by atoms with van der Waals surface area (Å²) in [5.41, 5.74) is 0. The molecule has 362 valence electrons. The molecule has 0 aromatic rings. The minimum Gasteiger partial charge on any atom is -0.462 e. The molecule has 1 atom stereocenters. The Balaban J connectivity index is 4.20. The van der Waals surface area contributed by atoms with E-state index in [2.05, 4.69) is 41.5 Å². The van der Waals surface area contributed by atoms with E-state index in [1.165, 1.54) is 180 Å². The van der Waals surface area contributed by atoms with Gasteiger partial charge in [0.15, 0.2) is 6.10 Å². The van der Waals surface area contributed by atoms with Crippen molar-refractivity contribution in [3.8, 4) is 0 Å². The number of esters is 3. The van der Waals surface area contributed by atoms with Crippen molar-refractivity contribution in [3.63, 3.8) is 0 Å². The second kappa shape index (κ2) is 46.4. The lowest BCUT2D eigenvalue weighted by Gasteiger charge is -2.18. The van der Waals surface area contributed by atoms with Crippen LogP contribution in [0.2, 0.25) is 0 Å². The van der Waals surface area contributed by atoms with Crippen molar-refractivity contribution in [2.75, 3.05) is 13.2 Å². The van der Waals surface area contributed by atoms with E-state index in [1.807, 2.05) is 0 Å². The molecule has 0 spiro atoms. The van der Waals surface area contributed by atoms with Crippen molar-refractivity contribution in [3.05, 3.63) is 0 Å². The number of carbonyl (C=O) groups is 3. The first kappa shape index (κ1) is 59.4. The Labute approximate surface area is 380 Å². The molecular weight excluding hydrogens is 757 g/mol. The van der Waals surface area contributed by atoms with Gasteiger partial charge in [0, 0.05) is 19.3 Å². The zero-order chi connectivity index (χ0) is 44.9. The topological polar surface area (TPSA) is 78.9 Å². The van der Waals surface area contributed by atoms with E-state index >= 15 is 0 Å². The fraction of sp³-hybridized carbons (Fsp3) is 0.945. The summed E-state index contributed by atoms with van der Waals surface area (Å²) in [6.07, 6.45) is 46.8. The van der Waals surface area contributed by atoms with Gasteiger partial charge in [-0.3, -0.25) is 14.4 Å². The highest BCUT2D eigenvalue weighted by atomic mass is 16.6. The molecule has 0 unspecified atom stereocenters. The Kier molecular flexibility index (Phi) is 45.2. The number of ether oxygens (including phenoxy) is 3. The lowest BCUT2D eigenvalue weighted by atomic mass is 10.0. The third kappa shape index (κ3) is 49.3. The number of hydrogen-bond acceptors (Lipinski definition) is 6. The second-order valence-corrected chi connectivity index (χ2v) is 20.3. The van der Waals surface area contributed by atoms with Gasteiger partial charge in [0.05, 0.1) is 0 Å². The molecule has 0 aromatic heterocycles. The number of hydrogen-bond donors (Lipinski definition) is 0. The molecule has 0 aliphatic rings. The van der Waals surface area contributed by atoms with Crippen LogP contribution in [-0.2, 0) is 28.6 Å². The molecule has 0 aliphatic heterocycles. The van der Waals surface area contributed by atoms with Crippen molar-refractivity contribution < 1.29 is 28.6 Å². The highest BCUT2D eigenvalue weighted by molar-refractivity contribution is 5.71. The van der Waals surface area contributed by atoms with Gasteiger partial charge in [0.25, 0.3) is 0 Å². The minimum atomic E-state index is -0.763. The molecule has 0 N–H and O–H groups in total. The molecule has 6 heteroatoms. The van der Waals surface area contributed by atoms with Gasteiger partial charge in [0.2, 0.25) is 0 Å². The summed E-state index contributed by atoms with van der Waals surface area (Å²) in [6.45, 7) is 13.7. The Morgan fingerprint density at radius 2 is 0.475 bits per heavy atom. The first-order valence-electron chi connectivity index (χ1n) is 27.1. The van der Waals surface area contributed by atoms with Crippen LogP contribution >= 0.6 is 0 Å². The van der Waals surface area contributed by atoms with Crippen molar-refractivity contribution >= 4 is 17.9 Å². The van der Waals surface area contributed by atoms with E-state index < -0.39 is 6.10 Å². The maximum atomic E-state index is 12.7. The third-order valence-corrected chi connectivity index (χ3v) is 12.4. The van der Waals surface area contributed by atoms with E-state index in [0.717, 1.165) is 75.5 Å². The summed E-state index contributed by atoms with van der Waals surface area (Å²) < 4.78 is 16.8. The molecule has 0 fully saturated rings. The van der Waals surface area contributed by atoms with Crippen molar-refractivity contribution in [2.24, 2.45) is 17.8 Å². The highest BCUT2D eigenvalue weighted by Crippen LogP contribution is 2.18. The van der Waals surface area contributed by atoms with Crippen molar-refractivity contribution in [2.45, 2.75) is 304 Å². The molecule has 0 aromatic carbocycles. The van der Waals surface area contributed by atoms with Crippen LogP contribution in [0.25, 0.3) is 0 Å². The molecule has 61 heavy (non-hydrogen) atoms. The van der Waals surface area contributed by atoms with Crippen LogP contribution in [0.15, 0.2) is 0 Å². The SMILES string of the molecule is CC(C)CCCCCCCCCCCCCCCCCCC(=O)OC[C@@H](COC(=O)CCCCCCCCCCCCCCC(C)C)OC(=O)CCCCCCCCC(C)C. The van der Waals surface area contributed by atoms with E-state index in [0.29, 0.717) is 19.3 Å². The summed E-state index contributed by atoms with van der Waals surface area (Å²) in [5, 5.41) is 0. The standard InChI is InChI=1S/C55H106O6/c1-49(2)41-35-29-23-19-15-11-9-7-8-10-12-17-21-25-32-38-44-53(56)59-47-52(61-55(58)46-40-34-28-27-31-37-43-51(5)6)48-60-54(57)45-39-33-26-22-18-14-13-16-20-24-30-36-42-50(3)4/h49-52H,7-48H2,1-6H3/t52-/m0/s1. The molecule has 0 aliphatic carbocycles. The number of carbonyl (C=O) groups excluding carboxylic acids is 3. The molecule has 0 saturated heterocycles. The Morgan fingerprint density at radius 3 is 0.705 bits per heavy atom. The van der Waals surface area contributed by atoms with Crippen molar-refractivity contribution in [1.29, 1.82) is 0 Å². The fourth-order valence-corrected chi connectivity index (χ4v) is 8.29. The monoisotopic (exact) mass is 863 g/mol. The number of rotatable bonds is 48. The minimum absolute atomic E-state index is 0.0652. The van der Waals surface area contributed by atoms with E-state index in [9.17, 15) is 14.4 Å². The predicted molar refractivity (Wildman–Crippen MR) is 261 cm³/mol. The third-order valence-electron chi connectivity index (χ3n) is 12.4. The van der Waals surface area contributed by atoms with Gasteiger partial charge >= 0.3 is 17.9 Å². The summed E-state index contributed by atoms with van der Waals surface area (Å²) in [7, 11) is 0. The van der Waals surface area contributed by atoms with Gasteiger partial charge in [-0.05, 0) is 37.0 Å². The molecule has 0 bridgehead atoms. The normalized spacial score (nSPS) is 12.1. The van der Waals surface area contributed by atoms with Gasteiger partial charge in [-0.1, -0.05) is 260 Å². The molecule has 0 radical (unpaired) electrons. The van der Waals surface area contributed by atoms with Gasteiger partial charge in [0.1, 0.15) is 13.2 Å². The fourth-order valence-electron chi connectivity index (χ4n) is 8.29. The Bertz CT molecular complexity index is 945. The zero-order valence-corrected chi connectivity index (χ0v) is 42.0. The van der Waals surface area contributed by atoms with Crippen molar-refractivity contribution in [1.82, 2.24) is 0 Å². The first-order valence-corrected chi connectivity index (χ1v) is 27.1.